The maximum absolute atomic E-state index is 12.8. The van der Waals surface area contributed by atoms with Gasteiger partial charge in [-0.3, -0.25) is 14.4 Å². The van der Waals surface area contributed by atoms with E-state index >= 15 is 0 Å². The van der Waals surface area contributed by atoms with Crippen molar-refractivity contribution in [2.24, 2.45) is 23.7 Å². The third kappa shape index (κ3) is 1.84. The highest BCUT2D eigenvalue weighted by atomic mass is 127. The van der Waals surface area contributed by atoms with E-state index in [0.717, 1.165) is 22.0 Å². The maximum Gasteiger partial charge on any atom is 0.238 e. The number of Topliss-reactive ketones (excluding diaryl/α,β-unsaturated/α-hetero) is 1. The number of ketones is 1. The summed E-state index contributed by atoms with van der Waals surface area (Å²) in [6, 6.07) is 5.64. The van der Waals surface area contributed by atoms with Crippen molar-refractivity contribution in [3.8, 4) is 0 Å². The molecular formula is C17H16INO3. The van der Waals surface area contributed by atoms with Gasteiger partial charge in [0.15, 0.2) is 0 Å². The first-order valence-corrected chi connectivity index (χ1v) is 8.73. The van der Waals surface area contributed by atoms with Crippen molar-refractivity contribution in [1.29, 1.82) is 0 Å². The second kappa shape index (κ2) is 4.88. The minimum absolute atomic E-state index is 0.0634. The number of halogens is 1. The molecule has 4 aliphatic rings. The summed E-state index contributed by atoms with van der Waals surface area (Å²) in [7, 11) is 0. The number of benzene rings is 1. The molecule has 0 unspecified atom stereocenters. The monoisotopic (exact) mass is 409 g/mol. The van der Waals surface area contributed by atoms with Crippen LogP contribution in [0.25, 0.3) is 0 Å². The van der Waals surface area contributed by atoms with Crippen LogP contribution in [0.4, 0.5) is 5.69 Å². The van der Waals surface area contributed by atoms with E-state index in [9.17, 15) is 14.4 Å². The molecule has 3 aliphatic carbocycles. The zero-order valence-electron chi connectivity index (χ0n) is 12.2. The summed E-state index contributed by atoms with van der Waals surface area (Å²) in [5.74, 6) is -0.947. The Kier molecular flexibility index (Phi) is 3.18. The molecule has 3 saturated carbocycles. The highest BCUT2D eigenvalue weighted by Gasteiger charge is 2.60. The Bertz CT molecular complexity index is 714. The van der Waals surface area contributed by atoms with Gasteiger partial charge in [-0.05, 0) is 66.0 Å². The summed E-state index contributed by atoms with van der Waals surface area (Å²) in [4.78, 5) is 39.1. The van der Waals surface area contributed by atoms with Crippen LogP contribution in [0.15, 0.2) is 18.2 Å². The number of amides is 2. The van der Waals surface area contributed by atoms with Crippen LogP contribution in [0.5, 0.6) is 0 Å². The molecule has 1 aromatic rings. The molecule has 4 atom stereocenters. The number of hydrogen-bond acceptors (Lipinski definition) is 3. The Labute approximate surface area is 142 Å². The molecule has 22 heavy (non-hydrogen) atoms. The molecule has 114 valence electrons. The summed E-state index contributed by atoms with van der Waals surface area (Å²) in [5, 5.41) is 0. The Morgan fingerprint density at radius 2 is 1.82 bits per heavy atom. The highest BCUT2D eigenvalue weighted by Crippen LogP contribution is 2.52. The van der Waals surface area contributed by atoms with Crippen LogP contribution in [0.2, 0.25) is 0 Å². The number of fused-ring (bicyclic) bond motifs is 2. The molecule has 2 bridgehead atoms. The first-order chi connectivity index (χ1) is 10.5. The molecule has 2 amide bonds. The van der Waals surface area contributed by atoms with Crippen molar-refractivity contribution < 1.29 is 14.4 Å². The van der Waals surface area contributed by atoms with Crippen molar-refractivity contribution in [2.75, 3.05) is 4.90 Å². The van der Waals surface area contributed by atoms with Gasteiger partial charge in [-0.15, -0.1) is 0 Å². The second-order valence-electron chi connectivity index (χ2n) is 6.61. The van der Waals surface area contributed by atoms with E-state index in [1.807, 2.05) is 25.1 Å². The van der Waals surface area contributed by atoms with E-state index in [1.54, 1.807) is 0 Å². The fourth-order valence-electron chi connectivity index (χ4n) is 4.36. The molecule has 4 nitrogen and oxygen atoms in total. The van der Waals surface area contributed by atoms with Gasteiger partial charge >= 0.3 is 0 Å². The molecule has 4 fully saturated rings. The first-order valence-electron chi connectivity index (χ1n) is 7.65. The van der Waals surface area contributed by atoms with Crippen LogP contribution in [0.3, 0.4) is 0 Å². The third-order valence-electron chi connectivity index (χ3n) is 5.48. The van der Waals surface area contributed by atoms with Gasteiger partial charge < -0.3 is 0 Å². The topological polar surface area (TPSA) is 54.5 Å². The van der Waals surface area contributed by atoms with Gasteiger partial charge in [-0.2, -0.15) is 0 Å². The van der Waals surface area contributed by atoms with Gasteiger partial charge in [0.1, 0.15) is 5.78 Å². The zero-order chi connectivity index (χ0) is 15.6. The van der Waals surface area contributed by atoms with Crippen LogP contribution in [0, 0.1) is 34.2 Å². The molecule has 5 heteroatoms. The number of carbonyl (C=O) groups is 3. The lowest BCUT2D eigenvalue weighted by Gasteiger charge is -2.41. The standard InChI is InChI=1S/C17H16INO3/c1-8-2-4-10(7-12(8)18)19-16(21)14-9-3-5-11(13(20)6-9)15(14)17(19)22/h2,4,7,9,11,14-15H,3,5-6H2,1H3/t9-,11+,14+,15-/m0/s1. The molecule has 1 saturated heterocycles. The average molecular weight is 409 g/mol. The summed E-state index contributed by atoms with van der Waals surface area (Å²) >= 11 is 2.21. The third-order valence-corrected chi connectivity index (χ3v) is 6.64. The van der Waals surface area contributed by atoms with Crippen molar-refractivity contribution in [3.63, 3.8) is 0 Å². The largest absolute Gasteiger partial charge is 0.299 e. The summed E-state index contributed by atoms with van der Waals surface area (Å²) in [5.41, 5.74) is 1.77. The van der Waals surface area contributed by atoms with E-state index < -0.39 is 5.92 Å². The van der Waals surface area contributed by atoms with Crippen molar-refractivity contribution in [2.45, 2.75) is 26.2 Å². The molecule has 0 aromatic heterocycles. The summed E-state index contributed by atoms with van der Waals surface area (Å²) in [6.45, 7) is 2.00. The number of anilines is 1. The van der Waals surface area contributed by atoms with Crippen molar-refractivity contribution in [3.05, 3.63) is 27.3 Å². The summed E-state index contributed by atoms with van der Waals surface area (Å²) in [6.07, 6.45) is 2.14. The van der Waals surface area contributed by atoms with Crippen molar-refractivity contribution >= 4 is 45.9 Å². The lowest BCUT2D eigenvalue weighted by Crippen LogP contribution is -2.46. The van der Waals surface area contributed by atoms with Gasteiger partial charge in [0.2, 0.25) is 11.8 Å². The fourth-order valence-corrected chi connectivity index (χ4v) is 4.86. The van der Waals surface area contributed by atoms with E-state index in [0.29, 0.717) is 12.1 Å². The van der Waals surface area contributed by atoms with Gasteiger partial charge in [0, 0.05) is 15.9 Å². The zero-order valence-corrected chi connectivity index (χ0v) is 14.4. The van der Waals surface area contributed by atoms with Crippen LogP contribution in [-0.2, 0) is 14.4 Å². The molecular weight excluding hydrogens is 393 g/mol. The maximum atomic E-state index is 12.8. The predicted molar refractivity (Wildman–Crippen MR) is 89.2 cm³/mol. The smallest absolute Gasteiger partial charge is 0.238 e. The SMILES string of the molecule is Cc1ccc(N2C(=O)[C@@H]3[C@H]4CC[C@H](C(=O)C4)[C@@H]3C2=O)cc1I. The van der Waals surface area contributed by atoms with Crippen LogP contribution in [0.1, 0.15) is 24.8 Å². The van der Waals surface area contributed by atoms with Crippen molar-refractivity contribution in [1.82, 2.24) is 0 Å². The fraction of sp³-hybridized carbons (Fsp3) is 0.471. The number of carbonyl (C=O) groups excluding carboxylic acids is 3. The molecule has 0 N–H and O–H groups in total. The van der Waals surface area contributed by atoms with Gasteiger partial charge in [-0.25, -0.2) is 4.90 Å². The Morgan fingerprint density at radius 1 is 1.09 bits per heavy atom. The number of hydrogen-bond donors (Lipinski definition) is 0. The van der Waals surface area contributed by atoms with E-state index in [4.69, 9.17) is 0 Å². The molecule has 5 rings (SSSR count). The van der Waals surface area contributed by atoms with E-state index in [1.165, 1.54) is 4.90 Å². The Morgan fingerprint density at radius 3 is 2.50 bits per heavy atom. The van der Waals surface area contributed by atoms with E-state index in [2.05, 4.69) is 22.6 Å². The molecule has 1 aromatic carbocycles. The minimum atomic E-state index is -0.411. The normalized spacial score (nSPS) is 33.5. The van der Waals surface area contributed by atoms with Crippen LogP contribution in [-0.4, -0.2) is 17.6 Å². The number of aryl methyl sites for hydroxylation is 1. The Hall–Kier alpha value is -1.24. The quantitative estimate of drug-likeness (QED) is 0.530. The van der Waals surface area contributed by atoms with Gasteiger partial charge in [-0.1, -0.05) is 6.07 Å². The molecule has 0 spiro atoms. The molecule has 0 radical (unpaired) electrons. The lowest BCUT2D eigenvalue weighted by atomic mass is 9.59. The Balaban J connectivity index is 1.77. The number of rotatable bonds is 1. The number of nitrogens with zero attached hydrogens (tertiary/aromatic N) is 1. The molecule has 1 aliphatic heterocycles. The first kappa shape index (κ1) is 14.4. The number of imide groups is 1. The second-order valence-corrected chi connectivity index (χ2v) is 7.77. The van der Waals surface area contributed by atoms with E-state index in [-0.39, 0.29) is 35.4 Å². The predicted octanol–water partition coefficient (Wildman–Crippen LogP) is 2.70. The van der Waals surface area contributed by atoms with Gasteiger partial charge in [0.25, 0.3) is 0 Å². The van der Waals surface area contributed by atoms with Gasteiger partial charge in [0.05, 0.1) is 17.5 Å². The highest BCUT2D eigenvalue weighted by molar-refractivity contribution is 14.1. The summed E-state index contributed by atoms with van der Waals surface area (Å²) < 4.78 is 1.03. The van der Waals surface area contributed by atoms with Crippen LogP contribution >= 0.6 is 22.6 Å². The minimum Gasteiger partial charge on any atom is -0.299 e. The van der Waals surface area contributed by atoms with Crippen LogP contribution < -0.4 is 4.90 Å². The molecule has 1 heterocycles. The average Bonchev–Trinajstić information content (AvgIpc) is 2.76. The lowest BCUT2D eigenvalue weighted by molar-refractivity contribution is -0.143.